The number of rotatable bonds is 9. The minimum atomic E-state index is -4.54. The molecule has 0 amide bonds. The van der Waals surface area contributed by atoms with Gasteiger partial charge in [0, 0.05) is 19.6 Å². The van der Waals surface area contributed by atoms with E-state index in [2.05, 4.69) is 22.1 Å². The lowest BCUT2D eigenvalue weighted by Gasteiger charge is -2.21. The summed E-state index contributed by atoms with van der Waals surface area (Å²) in [7, 11) is -2.73. The molecule has 11 heteroatoms. The molecule has 1 saturated carbocycles. The van der Waals surface area contributed by atoms with Crippen LogP contribution in [0.1, 0.15) is 63.1 Å². The molecule has 2 heterocycles. The molecule has 4 rings (SSSR count). The van der Waals surface area contributed by atoms with Crippen LogP contribution in [0.4, 0.5) is 18.9 Å². The second-order valence-electron chi connectivity index (χ2n) is 9.79. The van der Waals surface area contributed by atoms with Crippen LogP contribution in [0.25, 0.3) is 10.6 Å². The zero-order valence-corrected chi connectivity index (χ0v) is 22.6. The molecular weight excluding hydrogens is 521 g/mol. The molecule has 0 unspecified atom stereocenters. The van der Waals surface area contributed by atoms with Gasteiger partial charge in [0.05, 0.1) is 10.6 Å². The van der Waals surface area contributed by atoms with E-state index >= 15 is 0 Å². The van der Waals surface area contributed by atoms with Gasteiger partial charge in [0.15, 0.2) is 0 Å². The Labute approximate surface area is 220 Å². The zero-order chi connectivity index (χ0) is 26.6. The number of thiophene rings is 1. The highest BCUT2D eigenvalue weighted by Gasteiger charge is 2.35. The van der Waals surface area contributed by atoms with E-state index in [4.69, 9.17) is 0 Å². The summed E-state index contributed by atoms with van der Waals surface area (Å²) in [6.07, 6.45) is 4.38. The summed E-state index contributed by atoms with van der Waals surface area (Å²) in [5, 5.41) is 7.46. The minimum absolute atomic E-state index is 0.00575. The second-order valence-corrected chi connectivity index (χ2v) is 12.8. The third kappa shape index (κ3) is 7.14. The van der Waals surface area contributed by atoms with E-state index in [-0.39, 0.29) is 9.90 Å². The largest absolute Gasteiger partial charge is 0.433 e. The molecule has 1 aliphatic rings. The Hall–Kier alpha value is -2.37. The van der Waals surface area contributed by atoms with Gasteiger partial charge in [-0.2, -0.15) is 18.3 Å². The first kappa shape index (κ1) is 27.7. The first-order valence-electron chi connectivity index (χ1n) is 12.6. The number of hydrogen-bond donors (Lipinski definition) is 2. The highest BCUT2D eigenvalue weighted by atomic mass is 32.2. The summed E-state index contributed by atoms with van der Waals surface area (Å²) in [4.78, 5) is 0.341. The van der Waals surface area contributed by atoms with Gasteiger partial charge in [0.25, 0.3) is 10.0 Å². The monoisotopic (exact) mass is 554 g/mol. The number of aryl methyl sites for hydroxylation is 1. The molecule has 1 aliphatic carbocycles. The molecule has 6 nitrogen and oxygen atoms in total. The standard InChI is InChI=1S/C26H33F3N4O2S2/c1-18(15-19-9-5-3-4-6-10-19)30-17-20-11-7-8-12-21(20)32-37(34,35)25-14-13-23(36-25)22-16-24(26(27,28)29)33(2)31-22/h7-8,11-14,16,18-19,30,32H,3-6,9-10,15,17H2,1-2H3/t18-/m0/s1. The highest BCUT2D eigenvalue weighted by Crippen LogP contribution is 2.36. The van der Waals surface area contributed by atoms with Gasteiger partial charge < -0.3 is 5.32 Å². The van der Waals surface area contributed by atoms with E-state index in [1.807, 2.05) is 12.1 Å². The highest BCUT2D eigenvalue weighted by molar-refractivity contribution is 7.94. The van der Waals surface area contributed by atoms with Crippen molar-refractivity contribution >= 4 is 27.0 Å². The molecule has 37 heavy (non-hydrogen) atoms. The van der Waals surface area contributed by atoms with Gasteiger partial charge >= 0.3 is 6.18 Å². The summed E-state index contributed by atoms with van der Waals surface area (Å²) in [5.74, 6) is 0.734. The van der Waals surface area contributed by atoms with Crippen LogP contribution in [0.5, 0.6) is 0 Å². The molecule has 1 atom stereocenters. The van der Waals surface area contributed by atoms with Crippen molar-refractivity contribution in [2.75, 3.05) is 4.72 Å². The first-order valence-corrected chi connectivity index (χ1v) is 14.9. The Balaban J connectivity index is 1.43. The summed E-state index contributed by atoms with van der Waals surface area (Å²) >= 11 is 0.881. The Morgan fingerprint density at radius 1 is 1.11 bits per heavy atom. The lowest BCUT2D eigenvalue weighted by molar-refractivity contribution is -0.143. The fraction of sp³-hybridized carbons (Fsp3) is 0.500. The quantitative estimate of drug-likeness (QED) is 0.285. The molecule has 2 N–H and O–H groups in total. The van der Waals surface area contributed by atoms with Crippen LogP contribution >= 0.6 is 11.3 Å². The Morgan fingerprint density at radius 3 is 2.49 bits per heavy atom. The molecule has 2 aromatic heterocycles. The van der Waals surface area contributed by atoms with Crippen molar-refractivity contribution in [3.05, 3.63) is 53.7 Å². The van der Waals surface area contributed by atoms with Gasteiger partial charge in [0.1, 0.15) is 15.6 Å². The average Bonchev–Trinajstić information content (AvgIpc) is 3.40. The molecule has 0 spiro atoms. The summed E-state index contributed by atoms with van der Waals surface area (Å²) in [5.41, 5.74) is 0.487. The van der Waals surface area contributed by atoms with Crippen molar-refractivity contribution in [1.29, 1.82) is 0 Å². The molecule has 0 saturated heterocycles. The minimum Gasteiger partial charge on any atom is -0.310 e. The zero-order valence-electron chi connectivity index (χ0n) is 21.0. The molecule has 3 aromatic rings. The van der Waals surface area contributed by atoms with Crippen LogP contribution in [0.3, 0.4) is 0 Å². The Kier molecular flexibility index (Phi) is 8.65. The number of anilines is 1. The number of benzene rings is 1. The number of halogens is 3. The number of nitrogens with zero attached hydrogens (tertiary/aromatic N) is 2. The molecule has 202 valence electrons. The first-order chi connectivity index (χ1) is 17.5. The van der Waals surface area contributed by atoms with E-state index in [1.54, 1.807) is 12.1 Å². The van der Waals surface area contributed by atoms with Gasteiger partial charge in [-0.1, -0.05) is 56.7 Å². The van der Waals surface area contributed by atoms with E-state index in [0.717, 1.165) is 40.0 Å². The van der Waals surface area contributed by atoms with Gasteiger partial charge in [-0.25, -0.2) is 8.42 Å². The van der Waals surface area contributed by atoms with Crippen molar-refractivity contribution in [2.45, 2.75) is 74.8 Å². The maximum absolute atomic E-state index is 13.1. The normalized spacial score (nSPS) is 16.5. The fourth-order valence-electron chi connectivity index (χ4n) is 4.89. The van der Waals surface area contributed by atoms with Gasteiger partial charge in [0.2, 0.25) is 0 Å². The predicted octanol–water partition coefficient (Wildman–Crippen LogP) is 6.81. The number of alkyl halides is 3. The molecular formula is C26H33F3N4O2S2. The van der Waals surface area contributed by atoms with Crippen molar-refractivity contribution in [1.82, 2.24) is 15.1 Å². The Bertz CT molecular complexity index is 1290. The third-order valence-electron chi connectivity index (χ3n) is 6.83. The summed E-state index contributed by atoms with van der Waals surface area (Å²) in [6.45, 7) is 2.70. The molecule has 0 aliphatic heterocycles. The van der Waals surface area contributed by atoms with Crippen molar-refractivity contribution in [2.24, 2.45) is 13.0 Å². The van der Waals surface area contributed by atoms with Crippen LogP contribution < -0.4 is 10.0 Å². The van der Waals surface area contributed by atoms with Crippen molar-refractivity contribution in [3.8, 4) is 10.6 Å². The molecule has 0 bridgehead atoms. The van der Waals surface area contributed by atoms with Gasteiger partial charge in [-0.05, 0) is 49.1 Å². The number of aromatic nitrogens is 2. The lowest BCUT2D eigenvalue weighted by Crippen LogP contribution is -2.28. The van der Waals surface area contributed by atoms with E-state index in [0.29, 0.717) is 23.2 Å². The molecule has 0 radical (unpaired) electrons. The average molecular weight is 555 g/mol. The van der Waals surface area contributed by atoms with Crippen molar-refractivity contribution < 1.29 is 21.6 Å². The van der Waals surface area contributed by atoms with Crippen LogP contribution in [0.15, 0.2) is 46.7 Å². The number of sulfonamides is 1. The maximum atomic E-state index is 13.1. The predicted molar refractivity (Wildman–Crippen MR) is 141 cm³/mol. The number of hydrogen-bond acceptors (Lipinski definition) is 5. The maximum Gasteiger partial charge on any atom is 0.433 e. The Morgan fingerprint density at radius 2 is 1.81 bits per heavy atom. The second kappa shape index (κ2) is 11.6. The van der Waals surface area contributed by atoms with Crippen molar-refractivity contribution in [3.63, 3.8) is 0 Å². The van der Waals surface area contributed by atoms with E-state index in [1.165, 1.54) is 57.7 Å². The topological polar surface area (TPSA) is 76.0 Å². The van der Waals surface area contributed by atoms with E-state index < -0.39 is 21.9 Å². The number of para-hydroxylation sites is 1. The van der Waals surface area contributed by atoms with Gasteiger partial charge in [-0.15, -0.1) is 11.3 Å². The smallest absolute Gasteiger partial charge is 0.310 e. The van der Waals surface area contributed by atoms with Crippen LogP contribution in [-0.2, 0) is 29.8 Å². The summed E-state index contributed by atoms with van der Waals surface area (Å²) in [6, 6.07) is 11.3. The van der Waals surface area contributed by atoms with E-state index in [9.17, 15) is 21.6 Å². The SMILES string of the molecule is C[C@@H](CC1CCCCCC1)NCc1ccccc1NS(=O)(=O)c1ccc(-c2cc(C(F)(F)F)n(C)n2)s1. The fourth-order valence-corrected chi connectivity index (χ4v) is 7.25. The number of nitrogens with one attached hydrogen (secondary N) is 2. The van der Waals surface area contributed by atoms with Crippen LogP contribution in [0.2, 0.25) is 0 Å². The molecule has 1 fully saturated rings. The lowest BCUT2D eigenvalue weighted by atomic mass is 9.93. The third-order valence-corrected chi connectivity index (χ3v) is 9.80. The van der Waals surface area contributed by atoms with Gasteiger partial charge in [-0.3, -0.25) is 9.40 Å². The van der Waals surface area contributed by atoms with Crippen LogP contribution in [-0.4, -0.2) is 24.2 Å². The van der Waals surface area contributed by atoms with Crippen LogP contribution in [0, 0.1) is 5.92 Å². The molecule has 1 aromatic carbocycles. The summed E-state index contributed by atoms with van der Waals surface area (Å²) < 4.78 is 69.1.